The van der Waals surface area contributed by atoms with Gasteiger partial charge in [-0.05, 0) is 32.2 Å². The van der Waals surface area contributed by atoms with Crippen molar-refractivity contribution in [2.45, 2.75) is 44.3 Å². The third kappa shape index (κ3) is 2.71. The zero-order valence-electron chi connectivity index (χ0n) is 10.9. The smallest absolute Gasteiger partial charge is 0.128 e. The zero-order valence-corrected chi connectivity index (χ0v) is 11.7. The van der Waals surface area contributed by atoms with Gasteiger partial charge in [0.15, 0.2) is 0 Å². The van der Waals surface area contributed by atoms with Gasteiger partial charge in [-0.1, -0.05) is 11.6 Å². The lowest BCUT2D eigenvalue weighted by atomic mass is 10.2. The fourth-order valence-electron chi connectivity index (χ4n) is 2.73. The van der Waals surface area contributed by atoms with Gasteiger partial charge < -0.3 is 9.88 Å². The first kappa shape index (κ1) is 12.5. The van der Waals surface area contributed by atoms with Crippen molar-refractivity contribution >= 4 is 11.6 Å². The van der Waals surface area contributed by atoms with Crippen LogP contribution in [0.15, 0.2) is 6.20 Å². The lowest BCUT2D eigenvalue weighted by Gasteiger charge is -2.25. The molecule has 100 valence electrons. The average Bonchev–Trinajstić information content (AvgIpc) is 3.01. The predicted molar refractivity (Wildman–Crippen MR) is 72.7 cm³/mol. The molecule has 4 nitrogen and oxygen atoms in total. The van der Waals surface area contributed by atoms with Gasteiger partial charge in [0.2, 0.25) is 0 Å². The highest BCUT2D eigenvalue weighted by molar-refractivity contribution is 6.29. The highest BCUT2D eigenvalue weighted by Crippen LogP contribution is 2.29. The third-order valence-electron chi connectivity index (χ3n) is 4.05. The molecule has 1 N–H and O–H groups in total. The Morgan fingerprint density at radius 1 is 1.50 bits per heavy atom. The third-order valence-corrected chi connectivity index (χ3v) is 4.40. The molecule has 0 amide bonds. The topological polar surface area (TPSA) is 33.1 Å². The molecule has 2 heterocycles. The lowest BCUT2D eigenvalue weighted by molar-refractivity contribution is 0.224. The zero-order chi connectivity index (χ0) is 12.5. The fraction of sp³-hybridized carbons (Fsp3) is 0.769. The monoisotopic (exact) mass is 268 g/mol. The molecule has 0 unspecified atom stereocenters. The van der Waals surface area contributed by atoms with E-state index in [-0.39, 0.29) is 0 Å². The summed E-state index contributed by atoms with van der Waals surface area (Å²) in [5.41, 5.74) is 0. The second-order valence-electron chi connectivity index (χ2n) is 5.51. The Morgan fingerprint density at radius 2 is 2.33 bits per heavy atom. The highest BCUT2D eigenvalue weighted by Gasteiger charge is 2.32. The summed E-state index contributed by atoms with van der Waals surface area (Å²) in [4.78, 5) is 6.98. The van der Waals surface area contributed by atoms with Gasteiger partial charge in [0.25, 0.3) is 0 Å². The SMILES string of the molecule is Cn1c(Cl)cnc1CN(C[C@H]1CCCN1)C1CC1. The summed E-state index contributed by atoms with van der Waals surface area (Å²) in [6, 6.07) is 1.43. The number of hydrogen-bond acceptors (Lipinski definition) is 3. The van der Waals surface area contributed by atoms with Crippen LogP contribution < -0.4 is 5.32 Å². The molecule has 0 spiro atoms. The van der Waals surface area contributed by atoms with Crippen LogP contribution in [-0.2, 0) is 13.6 Å². The number of imidazole rings is 1. The summed E-state index contributed by atoms with van der Waals surface area (Å²) in [6.07, 6.45) is 7.05. The van der Waals surface area contributed by atoms with Crippen molar-refractivity contribution in [3.63, 3.8) is 0 Å². The Bertz CT molecular complexity index is 407. The van der Waals surface area contributed by atoms with E-state index < -0.39 is 0 Å². The maximum atomic E-state index is 6.05. The average molecular weight is 269 g/mol. The Balaban J connectivity index is 1.64. The van der Waals surface area contributed by atoms with Gasteiger partial charge in [-0.3, -0.25) is 4.90 Å². The minimum atomic E-state index is 0.668. The van der Waals surface area contributed by atoms with Crippen molar-refractivity contribution in [1.82, 2.24) is 19.8 Å². The number of nitrogens with zero attached hydrogens (tertiary/aromatic N) is 3. The van der Waals surface area contributed by atoms with E-state index in [0.29, 0.717) is 6.04 Å². The maximum absolute atomic E-state index is 6.05. The molecule has 3 rings (SSSR count). The van der Waals surface area contributed by atoms with Crippen LogP contribution in [0.25, 0.3) is 0 Å². The van der Waals surface area contributed by atoms with E-state index in [2.05, 4.69) is 15.2 Å². The van der Waals surface area contributed by atoms with Crippen molar-refractivity contribution in [2.75, 3.05) is 13.1 Å². The van der Waals surface area contributed by atoms with Gasteiger partial charge >= 0.3 is 0 Å². The molecule has 1 aromatic rings. The number of hydrogen-bond donors (Lipinski definition) is 1. The van der Waals surface area contributed by atoms with Gasteiger partial charge in [-0.2, -0.15) is 0 Å². The van der Waals surface area contributed by atoms with Gasteiger partial charge in [-0.15, -0.1) is 0 Å². The highest BCUT2D eigenvalue weighted by atomic mass is 35.5. The molecule has 1 saturated heterocycles. The normalized spacial score (nSPS) is 24.1. The largest absolute Gasteiger partial charge is 0.321 e. The summed E-state index contributed by atoms with van der Waals surface area (Å²) in [7, 11) is 1.99. The molecule has 5 heteroatoms. The summed E-state index contributed by atoms with van der Waals surface area (Å²) >= 11 is 6.05. The number of halogens is 1. The first-order chi connectivity index (χ1) is 8.74. The van der Waals surface area contributed by atoms with E-state index in [1.807, 2.05) is 11.6 Å². The molecule has 1 atom stereocenters. The quantitative estimate of drug-likeness (QED) is 0.884. The van der Waals surface area contributed by atoms with Crippen molar-refractivity contribution in [3.05, 3.63) is 17.2 Å². The Labute approximate surface area is 113 Å². The van der Waals surface area contributed by atoms with E-state index in [1.54, 1.807) is 6.20 Å². The van der Waals surface area contributed by atoms with E-state index in [1.165, 1.54) is 32.2 Å². The molecule has 2 aliphatic rings. The number of aromatic nitrogens is 2. The molecule has 18 heavy (non-hydrogen) atoms. The van der Waals surface area contributed by atoms with E-state index in [9.17, 15) is 0 Å². The Morgan fingerprint density at radius 3 is 2.89 bits per heavy atom. The summed E-state index contributed by atoms with van der Waals surface area (Å²) < 4.78 is 1.99. The summed E-state index contributed by atoms with van der Waals surface area (Å²) in [5.74, 6) is 1.07. The first-order valence-electron chi connectivity index (χ1n) is 6.87. The van der Waals surface area contributed by atoms with Crippen molar-refractivity contribution < 1.29 is 0 Å². The molecule has 1 saturated carbocycles. The molecule has 0 bridgehead atoms. The van der Waals surface area contributed by atoms with Crippen LogP contribution in [0.2, 0.25) is 5.15 Å². The van der Waals surface area contributed by atoms with Crippen LogP contribution in [-0.4, -0.2) is 39.6 Å². The van der Waals surface area contributed by atoms with Crippen LogP contribution in [0, 0.1) is 0 Å². The molecule has 0 radical (unpaired) electrons. The maximum Gasteiger partial charge on any atom is 0.128 e. The number of rotatable bonds is 5. The van der Waals surface area contributed by atoms with Gasteiger partial charge in [0.1, 0.15) is 11.0 Å². The van der Waals surface area contributed by atoms with Gasteiger partial charge in [0.05, 0.1) is 12.7 Å². The minimum Gasteiger partial charge on any atom is -0.321 e. The molecule has 1 aromatic heterocycles. The van der Waals surface area contributed by atoms with E-state index in [4.69, 9.17) is 11.6 Å². The number of nitrogens with one attached hydrogen (secondary N) is 1. The molecule has 1 aliphatic heterocycles. The van der Waals surface area contributed by atoms with E-state index in [0.717, 1.165) is 30.1 Å². The van der Waals surface area contributed by atoms with Crippen LogP contribution >= 0.6 is 11.6 Å². The minimum absolute atomic E-state index is 0.668. The van der Waals surface area contributed by atoms with Crippen molar-refractivity contribution in [3.8, 4) is 0 Å². The molecule has 2 fully saturated rings. The standard InChI is InChI=1S/C13H21ClN4/c1-17-12(14)7-16-13(17)9-18(11-4-5-11)8-10-3-2-6-15-10/h7,10-11,15H,2-6,8-9H2,1H3/t10-/m1/s1. The molecular formula is C13H21ClN4. The van der Waals surface area contributed by atoms with Crippen LogP contribution in [0.3, 0.4) is 0 Å². The van der Waals surface area contributed by atoms with Crippen LogP contribution in [0.4, 0.5) is 0 Å². The first-order valence-corrected chi connectivity index (χ1v) is 7.25. The Hall–Kier alpha value is -0.580. The second-order valence-corrected chi connectivity index (χ2v) is 5.90. The van der Waals surface area contributed by atoms with Crippen molar-refractivity contribution in [2.24, 2.45) is 7.05 Å². The van der Waals surface area contributed by atoms with Crippen molar-refractivity contribution in [1.29, 1.82) is 0 Å². The Kier molecular flexibility index (Phi) is 3.59. The van der Waals surface area contributed by atoms with E-state index >= 15 is 0 Å². The van der Waals surface area contributed by atoms with Crippen LogP contribution in [0.5, 0.6) is 0 Å². The molecule has 0 aromatic carbocycles. The summed E-state index contributed by atoms with van der Waals surface area (Å²) in [6.45, 7) is 3.25. The van der Waals surface area contributed by atoms with Gasteiger partial charge in [-0.25, -0.2) is 4.98 Å². The molecule has 1 aliphatic carbocycles. The summed E-state index contributed by atoms with van der Waals surface area (Å²) in [5, 5.41) is 4.30. The van der Waals surface area contributed by atoms with Crippen LogP contribution in [0.1, 0.15) is 31.5 Å². The predicted octanol–water partition coefficient (Wildman–Crippen LogP) is 1.79. The lowest BCUT2D eigenvalue weighted by Crippen LogP contribution is -2.38. The second kappa shape index (κ2) is 5.19. The molecular weight excluding hydrogens is 248 g/mol. The van der Waals surface area contributed by atoms with Gasteiger partial charge in [0, 0.05) is 25.7 Å². The fourth-order valence-corrected chi connectivity index (χ4v) is 2.88.